The molecule has 84 valence electrons. The second kappa shape index (κ2) is 5.18. The van der Waals surface area contributed by atoms with Crippen LogP contribution in [0.3, 0.4) is 0 Å². The summed E-state index contributed by atoms with van der Waals surface area (Å²) >= 11 is 11.9. The van der Waals surface area contributed by atoms with Gasteiger partial charge in [0.2, 0.25) is 0 Å². The van der Waals surface area contributed by atoms with Gasteiger partial charge in [0.15, 0.2) is 0 Å². The first-order valence-electron chi connectivity index (χ1n) is 4.99. The maximum atomic E-state index is 9.26. The van der Waals surface area contributed by atoms with Crippen LogP contribution in [0, 0.1) is 11.3 Å². The largest absolute Gasteiger partial charge is 0.238 e. The first-order valence-corrected chi connectivity index (χ1v) is 5.74. The van der Waals surface area contributed by atoms with Gasteiger partial charge in [-0.2, -0.15) is 5.26 Å². The maximum Gasteiger partial charge on any atom is 0.129 e. The van der Waals surface area contributed by atoms with Gasteiger partial charge >= 0.3 is 0 Å². The van der Waals surface area contributed by atoms with Crippen LogP contribution >= 0.6 is 23.2 Å². The molecular formula is C13H8Cl2N2. The number of nitriles is 1. The summed E-state index contributed by atoms with van der Waals surface area (Å²) in [6.07, 6.45) is 0. The lowest BCUT2D eigenvalue weighted by Gasteiger charge is -2.10. The number of hydrogen-bond acceptors (Lipinski definition) is 2. The molecule has 0 N–H and O–H groups in total. The van der Waals surface area contributed by atoms with Gasteiger partial charge in [-0.05, 0) is 17.7 Å². The molecule has 1 heterocycles. The first-order chi connectivity index (χ1) is 8.22. The molecule has 1 unspecified atom stereocenters. The Morgan fingerprint density at radius 1 is 1.06 bits per heavy atom. The fourth-order valence-corrected chi connectivity index (χ4v) is 1.94. The number of aromatic nitrogens is 1. The van der Waals surface area contributed by atoms with Crippen molar-refractivity contribution in [2.45, 2.75) is 5.92 Å². The molecule has 0 aliphatic carbocycles. The van der Waals surface area contributed by atoms with E-state index in [1.54, 1.807) is 12.1 Å². The minimum absolute atomic E-state index is 0.334. The Morgan fingerprint density at radius 3 is 2.41 bits per heavy atom. The van der Waals surface area contributed by atoms with Crippen LogP contribution in [-0.2, 0) is 0 Å². The van der Waals surface area contributed by atoms with Gasteiger partial charge in [-0.3, -0.25) is 0 Å². The van der Waals surface area contributed by atoms with Crippen LogP contribution in [0.4, 0.5) is 0 Å². The standard InChI is InChI=1S/C13H8Cl2N2/c14-11-6-7-12(15)17-13(11)10(8-16)9-4-2-1-3-5-9/h1-7,10H. The van der Waals surface area contributed by atoms with Crippen LogP contribution < -0.4 is 0 Å². The highest BCUT2D eigenvalue weighted by Crippen LogP contribution is 2.29. The highest BCUT2D eigenvalue weighted by atomic mass is 35.5. The summed E-state index contributed by atoms with van der Waals surface area (Å²) in [6.45, 7) is 0. The lowest BCUT2D eigenvalue weighted by atomic mass is 9.97. The zero-order valence-electron chi connectivity index (χ0n) is 8.77. The molecule has 4 heteroatoms. The van der Waals surface area contributed by atoms with E-state index in [1.165, 1.54) is 0 Å². The number of halogens is 2. The van der Waals surface area contributed by atoms with E-state index in [4.69, 9.17) is 23.2 Å². The van der Waals surface area contributed by atoms with Crippen molar-refractivity contribution in [1.82, 2.24) is 4.98 Å². The molecule has 0 aliphatic rings. The van der Waals surface area contributed by atoms with Crippen LogP contribution in [0.25, 0.3) is 0 Å². The molecule has 0 spiro atoms. The fraction of sp³-hybridized carbons (Fsp3) is 0.0769. The van der Waals surface area contributed by atoms with E-state index in [0.717, 1.165) is 5.56 Å². The third kappa shape index (κ3) is 2.58. The molecule has 1 aromatic carbocycles. The lowest BCUT2D eigenvalue weighted by Crippen LogP contribution is -2.02. The Balaban J connectivity index is 2.51. The summed E-state index contributed by atoms with van der Waals surface area (Å²) in [7, 11) is 0. The van der Waals surface area contributed by atoms with E-state index in [9.17, 15) is 5.26 Å². The van der Waals surface area contributed by atoms with Crippen molar-refractivity contribution in [2.75, 3.05) is 0 Å². The van der Waals surface area contributed by atoms with Gasteiger partial charge < -0.3 is 0 Å². The molecule has 0 saturated heterocycles. The normalized spacial score (nSPS) is 11.8. The second-order valence-electron chi connectivity index (χ2n) is 3.47. The monoisotopic (exact) mass is 262 g/mol. The average molecular weight is 263 g/mol. The number of nitrogens with zero attached hydrogens (tertiary/aromatic N) is 2. The minimum Gasteiger partial charge on any atom is -0.238 e. The summed E-state index contributed by atoms with van der Waals surface area (Å²) < 4.78 is 0. The van der Waals surface area contributed by atoms with E-state index in [1.807, 2.05) is 30.3 Å². The van der Waals surface area contributed by atoms with Crippen molar-refractivity contribution in [2.24, 2.45) is 0 Å². The van der Waals surface area contributed by atoms with Crippen molar-refractivity contribution < 1.29 is 0 Å². The summed E-state index contributed by atoms with van der Waals surface area (Å²) in [4.78, 5) is 4.13. The van der Waals surface area contributed by atoms with Crippen LogP contribution in [0.2, 0.25) is 10.2 Å². The smallest absolute Gasteiger partial charge is 0.129 e. The van der Waals surface area contributed by atoms with Crippen LogP contribution in [-0.4, -0.2) is 4.98 Å². The van der Waals surface area contributed by atoms with E-state index >= 15 is 0 Å². The quantitative estimate of drug-likeness (QED) is 0.766. The fourth-order valence-electron chi connectivity index (χ4n) is 1.57. The van der Waals surface area contributed by atoms with Gasteiger partial charge in [-0.15, -0.1) is 0 Å². The number of pyridine rings is 1. The molecule has 0 radical (unpaired) electrons. The predicted octanol–water partition coefficient (Wildman–Crippen LogP) is 4.04. The van der Waals surface area contributed by atoms with Crippen molar-refractivity contribution >= 4 is 23.2 Å². The molecule has 0 bridgehead atoms. The summed E-state index contributed by atoms with van der Waals surface area (Å²) in [5.74, 6) is -0.498. The van der Waals surface area contributed by atoms with Gasteiger partial charge in [-0.25, -0.2) is 4.98 Å². The van der Waals surface area contributed by atoms with Crippen LogP contribution in [0.1, 0.15) is 17.2 Å². The summed E-state index contributed by atoms with van der Waals surface area (Å²) in [5.41, 5.74) is 1.35. The van der Waals surface area contributed by atoms with E-state index in [2.05, 4.69) is 11.1 Å². The zero-order chi connectivity index (χ0) is 12.3. The number of benzene rings is 1. The SMILES string of the molecule is N#CC(c1ccccc1)c1nc(Cl)ccc1Cl. The average Bonchev–Trinajstić information content (AvgIpc) is 2.36. The van der Waals surface area contributed by atoms with Crippen molar-refractivity contribution in [3.63, 3.8) is 0 Å². The predicted molar refractivity (Wildman–Crippen MR) is 68.2 cm³/mol. The molecule has 0 saturated carbocycles. The zero-order valence-corrected chi connectivity index (χ0v) is 10.3. The van der Waals surface area contributed by atoms with Gasteiger partial charge in [-0.1, -0.05) is 53.5 Å². The Labute approximate surface area is 109 Å². The van der Waals surface area contributed by atoms with E-state index in [0.29, 0.717) is 15.9 Å². The van der Waals surface area contributed by atoms with Crippen molar-refractivity contribution in [3.8, 4) is 6.07 Å². The highest BCUT2D eigenvalue weighted by Gasteiger charge is 2.18. The van der Waals surface area contributed by atoms with Crippen LogP contribution in [0.15, 0.2) is 42.5 Å². The van der Waals surface area contributed by atoms with Crippen molar-refractivity contribution in [1.29, 1.82) is 5.26 Å². The Morgan fingerprint density at radius 2 is 1.76 bits per heavy atom. The number of rotatable bonds is 2. The molecule has 2 rings (SSSR count). The number of hydrogen-bond donors (Lipinski definition) is 0. The Bertz CT molecular complexity index is 561. The third-order valence-electron chi connectivity index (χ3n) is 2.37. The van der Waals surface area contributed by atoms with Crippen molar-refractivity contribution in [3.05, 3.63) is 63.9 Å². The topological polar surface area (TPSA) is 36.7 Å². The Hall–Kier alpha value is -1.56. The highest BCUT2D eigenvalue weighted by molar-refractivity contribution is 6.32. The van der Waals surface area contributed by atoms with E-state index < -0.39 is 5.92 Å². The van der Waals surface area contributed by atoms with Gasteiger partial charge in [0.1, 0.15) is 11.1 Å². The molecule has 1 atom stereocenters. The van der Waals surface area contributed by atoms with Crippen LogP contribution in [0.5, 0.6) is 0 Å². The molecule has 0 fully saturated rings. The van der Waals surface area contributed by atoms with E-state index in [-0.39, 0.29) is 0 Å². The molecule has 1 aromatic heterocycles. The molecule has 17 heavy (non-hydrogen) atoms. The molecule has 2 aromatic rings. The Kier molecular flexibility index (Phi) is 3.63. The first kappa shape index (κ1) is 11.9. The second-order valence-corrected chi connectivity index (χ2v) is 4.27. The van der Waals surface area contributed by atoms with Gasteiger partial charge in [0, 0.05) is 0 Å². The maximum absolute atomic E-state index is 9.26. The molecular weight excluding hydrogens is 255 g/mol. The molecule has 0 amide bonds. The van der Waals surface area contributed by atoms with Gasteiger partial charge in [0.25, 0.3) is 0 Å². The lowest BCUT2D eigenvalue weighted by molar-refractivity contribution is 0.966. The van der Waals surface area contributed by atoms with Gasteiger partial charge in [0.05, 0.1) is 16.8 Å². The minimum atomic E-state index is -0.498. The summed E-state index contributed by atoms with van der Waals surface area (Å²) in [6, 6.07) is 14.8. The third-order valence-corrected chi connectivity index (χ3v) is 2.90. The molecule has 0 aliphatic heterocycles. The summed E-state index contributed by atoms with van der Waals surface area (Å²) in [5, 5.41) is 10.0. The molecule has 2 nitrogen and oxygen atoms in total.